The van der Waals surface area contributed by atoms with E-state index in [1.807, 2.05) is 6.07 Å². The minimum atomic E-state index is -3.03. The molecule has 0 bridgehead atoms. The van der Waals surface area contributed by atoms with Crippen molar-refractivity contribution >= 4 is 9.84 Å². The maximum atomic E-state index is 11.1. The van der Waals surface area contributed by atoms with E-state index in [0.717, 1.165) is 0 Å². The fraction of sp³-hybridized carbons (Fsp3) is 0.462. The van der Waals surface area contributed by atoms with Gasteiger partial charge in [0.25, 0.3) is 0 Å². The number of hydrogen-bond acceptors (Lipinski definition) is 5. The Bertz CT molecular complexity index is 546. The van der Waals surface area contributed by atoms with E-state index in [9.17, 15) is 13.5 Å². The summed E-state index contributed by atoms with van der Waals surface area (Å²) in [5, 5.41) is 21.6. The Balaban J connectivity index is 2.51. The second-order valence-electron chi connectivity index (χ2n) is 4.65. The van der Waals surface area contributed by atoms with Crippen LogP contribution in [0.2, 0.25) is 0 Å². The molecule has 19 heavy (non-hydrogen) atoms. The number of aliphatic hydroxyl groups excluding tert-OH is 1. The number of sulfone groups is 1. The van der Waals surface area contributed by atoms with Crippen LogP contribution in [0.25, 0.3) is 0 Å². The molecule has 104 valence electrons. The van der Waals surface area contributed by atoms with E-state index in [2.05, 4.69) is 5.32 Å². The first kappa shape index (κ1) is 15.6. The number of hydrogen-bond donors (Lipinski definition) is 2. The van der Waals surface area contributed by atoms with Crippen LogP contribution in [0.3, 0.4) is 0 Å². The van der Waals surface area contributed by atoms with Crippen molar-refractivity contribution in [2.45, 2.75) is 19.1 Å². The lowest BCUT2D eigenvalue weighted by Crippen LogP contribution is -2.35. The van der Waals surface area contributed by atoms with Crippen molar-refractivity contribution < 1.29 is 13.5 Å². The van der Waals surface area contributed by atoms with E-state index in [1.165, 1.54) is 6.26 Å². The zero-order valence-electron chi connectivity index (χ0n) is 11.0. The van der Waals surface area contributed by atoms with E-state index in [-0.39, 0.29) is 18.3 Å². The summed E-state index contributed by atoms with van der Waals surface area (Å²) in [7, 11) is -3.03. The van der Waals surface area contributed by atoms with Gasteiger partial charge in [0.05, 0.1) is 23.5 Å². The molecule has 2 N–H and O–H groups in total. The Kier molecular flexibility index (Phi) is 5.48. The van der Waals surface area contributed by atoms with Gasteiger partial charge in [-0.2, -0.15) is 5.26 Å². The molecule has 0 spiro atoms. The fourth-order valence-electron chi connectivity index (χ4n) is 1.72. The number of rotatable bonds is 6. The summed E-state index contributed by atoms with van der Waals surface area (Å²) >= 11 is 0. The minimum Gasteiger partial charge on any atom is -0.387 e. The van der Waals surface area contributed by atoms with Gasteiger partial charge >= 0.3 is 0 Å². The van der Waals surface area contributed by atoms with Gasteiger partial charge in [-0.15, -0.1) is 0 Å². The van der Waals surface area contributed by atoms with E-state index >= 15 is 0 Å². The summed E-state index contributed by atoms with van der Waals surface area (Å²) in [6.45, 7) is 2.02. The molecule has 6 heteroatoms. The second-order valence-corrected chi connectivity index (χ2v) is 6.84. The molecule has 0 heterocycles. The van der Waals surface area contributed by atoms with Gasteiger partial charge in [-0.1, -0.05) is 12.1 Å². The standard InChI is InChI=1S/C13H18N2O3S/c1-10(9-19(2,17)18)15-8-13(16)12-5-3-11(7-14)4-6-12/h3-6,10,13,15-16H,8-9H2,1-2H3. The average Bonchev–Trinajstić information content (AvgIpc) is 2.34. The molecule has 0 aromatic heterocycles. The summed E-state index contributed by atoms with van der Waals surface area (Å²) in [5.41, 5.74) is 1.23. The maximum Gasteiger partial charge on any atom is 0.148 e. The topological polar surface area (TPSA) is 90.2 Å². The van der Waals surface area contributed by atoms with Gasteiger partial charge in [-0.25, -0.2) is 8.42 Å². The molecule has 0 fully saturated rings. The van der Waals surface area contributed by atoms with Crippen molar-refractivity contribution in [3.63, 3.8) is 0 Å². The molecule has 0 radical (unpaired) electrons. The third-order valence-electron chi connectivity index (χ3n) is 2.64. The molecule has 2 unspecified atom stereocenters. The van der Waals surface area contributed by atoms with Crippen LogP contribution in [0.4, 0.5) is 0 Å². The summed E-state index contributed by atoms with van der Waals surface area (Å²) in [6.07, 6.45) is 0.456. The van der Waals surface area contributed by atoms with E-state index in [4.69, 9.17) is 5.26 Å². The molecular formula is C13H18N2O3S. The molecule has 0 aliphatic carbocycles. The maximum absolute atomic E-state index is 11.1. The van der Waals surface area contributed by atoms with Gasteiger partial charge in [0.15, 0.2) is 0 Å². The van der Waals surface area contributed by atoms with Gasteiger partial charge in [0.1, 0.15) is 9.84 Å². The van der Waals surface area contributed by atoms with Crippen molar-refractivity contribution in [1.29, 1.82) is 5.26 Å². The highest BCUT2D eigenvalue weighted by Gasteiger charge is 2.13. The monoisotopic (exact) mass is 282 g/mol. The van der Waals surface area contributed by atoms with Crippen LogP contribution in [0.1, 0.15) is 24.2 Å². The summed E-state index contributed by atoms with van der Waals surface area (Å²) < 4.78 is 22.2. The zero-order chi connectivity index (χ0) is 14.5. The van der Waals surface area contributed by atoms with Crippen molar-refractivity contribution in [1.82, 2.24) is 5.32 Å². The lowest BCUT2D eigenvalue weighted by Gasteiger charge is -2.16. The third-order valence-corrected chi connectivity index (χ3v) is 3.74. The van der Waals surface area contributed by atoms with Crippen LogP contribution in [0.15, 0.2) is 24.3 Å². The Morgan fingerprint density at radius 1 is 1.37 bits per heavy atom. The Morgan fingerprint density at radius 2 is 1.95 bits per heavy atom. The van der Waals surface area contributed by atoms with Crippen LogP contribution in [-0.4, -0.2) is 38.1 Å². The molecule has 1 aromatic carbocycles. The van der Waals surface area contributed by atoms with Crippen LogP contribution >= 0.6 is 0 Å². The highest BCUT2D eigenvalue weighted by atomic mass is 32.2. The zero-order valence-corrected chi connectivity index (χ0v) is 11.8. The smallest absolute Gasteiger partial charge is 0.148 e. The van der Waals surface area contributed by atoms with Gasteiger partial charge < -0.3 is 10.4 Å². The minimum absolute atomic E-state index is 0.0348. The Labute approximate surface area is 113 Å². The van der Waals surface area contributed by atoms with Crippen molar-refractivity contribution in [3.8, 4) is 6.07 Å². The molecule has 5 nitrogen and oxygen atoms in total. The number of nitriles is 1. The van der Waals surface area contributed by atoms with E-state index in [1.54, 1.807) is 31.2 Å². The highest BCUT2D eigenvalue weighted by Crippen LogP contribution is 2.12. The first-order chi connectivity index (χ1) is 8.81. The normalized spacial score (nSPS) is 14.6. The number of nitrogens with one attached hydrogen (secondary N) is 1. The summed E-state index contributed by atoms with van der Waals surface area (Å²) in [4.78, 5) is 0. The van der Waals surface area contributed by atoms with Crippen LogP contribution in [0, 0.1) is 11.3 Å². The molecular weight excluding hydrogens is 264 g/mol. The van der Waals surface area contributed by atoms with Crippen LogP contribution in [0.5, 0.6) is 0 Å². The summed E-state index contributed by atoms with van der Waals surface area (Å²) in [6, 6.07) is 8.43. The first-order valence-corrected chi connectivity index (χ1v) is 7.97. The first-order valence-electron chi connectivity index (χ1n) is 5.91. The van der Waals surface area contributed by atoms with Gasteiger partial charge in [0.2, 0.25) is 0 Å². The van der Waals surface area contributed by atoms with Crippen LogP contribution < -0.4 is 5.32 Å². The van der Waals surface area contributed by atoms with Crippen molar-refractivity contribution in [2.24, 2.45) is 0 Å². The number of benzene rings is 1. The second kappa shape index (κ2) is 6.66. The largest absolute Gasteiger partial charge is 0.387 e. The lowest BCUT2D eigenvalue weighted by molar-refractivity contribution is 0.171. The van der Waals surface area contributed by atoms with Gasteiger partial charge in [0, 0.05) is 18.8 Å². The Hall–Kier alpha value is -1.42. The van der Waals surface area contributed by atoms with Gasteiger partial charge in [-0.3, -0.25) is 0 Å². The lowest BCUT2D eigenvalue weighted by atomic mass is 10.1. The average molecular weight is 282 g/mol. The number of aliphatic hydroxyl groups is 1. The molecule has 0 saturated heterocycles. The van der Waals surface area contributed by atoms with E-state index < -0.39 is 15.9 Å². The predicted molar refractivity (Wildman–Crippen MR) is 73.3 cm³/mol. The van der Waals surface area contributed by atoms with Gasteiger partial charge in [-0.05, 0) is 24.6 Å². The highest BCUT2D eigenvalue weighted by molar-refractivity contribution is 7.90. The fourth-order valence-corrected chi connectivity index (χ4v) is 2.75. The molecule has 2 atom stereocenters. The SMILES string of the molecule is CC(CS(C)(=O)=O)NCC(O)c1ccc(C#N)cc1. The molecule has 0 aliphatic heterocycles. The van der Waals surface area contributed by atoms with Crippen molar-refractivity contribution in [2.75, 3.05) is 18.6 Å². The molecule has 0 amide bonds. The summed E-state index contributed by atoms with van der Waals surface area (Å²) in [5.74, 6) is 0.0348. The Morgan fingerprint density at radius 3 is 2.42 bits per heavy atom. The quantitative estimate of drug-likeness (QED) is 0.798. The third kappa shape index (κ3) is 5.83. The molecule has 0 saturated carbocycles. The number of nitrogens with zero attached hydrogens (tertiary/aromatic N) is 1. The van der Waals surface area contributed by atoms with Crippen LogP contribution in [-0.2, 0) is 9.84 Å². The van der Waals surface area contributed by atoms with E-state index in [0.29, 0.717) is 11.1 Å². The molecule has 1 rings (SSSR count). The molecule has 0 aliphatic rings. The molecule has 1 aromatic rings. The van der Waals surface area contributed by atoms with Crippen molar-refractivity contribution in [3.05, 3.63) is 35.4 Å². The predicted octanol–water partition coefficient (Wildman–Crippen LogP) is 0.614.